The first-order chi connectivity index (χ1) is 13.9. The standard InChI is InChI=1S/C22H23ClN2O3S/c1-15-4-8-19(9-5-15)28-14-20-24-16(2)21(29-20)22(26)25(3)12-13-27-18-10-6-17(23)7-11-18/h4-11H,12-14H2,1-3H3. The monoisotopic (exact) mass is 430 g/mol. The normalized spacial score (nSPS) is 10.6. The molecule has 7 heteroatoms. The van der Waals surface area contributed by atoms with E-state index in [0.717, 1.165) is 16.5 Å². The first-order valence-corrected chi connectivity index (χ1v) is 10.4. The fourth-order valence-electron chi connectivity index (χ4n) is 2.60. The highest BCUT2D eigenvalue weighted by Crippen LogP contribution is 2.22. The van der Waals surface area contributed by atoms with Crippen LogP contribution in [-0.4, -0.2) is 36.0 Å². The van der Waals surface area contributed by atoms with Crippen LogP contribution in [0.4, 0.5) is 0 Å². The number of aromatic nitrogens is 1. The molecule has 0 unspecified atom stereocenters. The van der Waals surface area contributed by atoms with Gasteiger partial charge in [0, 0.05) is 12.1 Å². The maximum absolute atomic E-state index is 12.8. The van der Waals surface area contributed by atoms with E-state index in [1.807, 2.05) is 38.1 Å². The number of ether oxygens (including phenoxy) is 2. The van der Waals surface area contributed by atoms with Gasteiger partial charge in [-0.05, 0) is 50.2 Å². The Morgan fingerprint density at radius 1 is 1.03 bits per heavy atom. The van der Waals surface area contributed by atoms with Crippen LogP contribution >= 0.6 is 22.9 Å². The molecule has 0 saturated carbocycles. The predicted octanol–water partition coefficient (Wildman–Crippen LogP) is 5.14. The maximum atomic E-state index is 12.8. The summed E-state index contributed by atoms with van der Waals surface area (Å²) in [7, 11) is 1.76. The molecule has 3 aromatic rings. The first-order valence-electron chi connectivity index (χ1n) is 9.22. The summed E-state index contributed by atoms with van der Waals surface area (Å²) >= 11 is 7.23. The maximum Gasteiger partial charge on any atom is 0.265 e. The second-order valence-corrected chi connectivity index (χ2v) is 8.17. The third kappa shape index (κ3) is 5.95. The summed E-state index contributed by atoms with van der Waals surface area (Å²) in [6.45, 7) is 5.07. The highest BCUT2D eigenvalue weighted by Gasteiger charge is 2.19. The third-order valence-electron chi connectivity index (χ3n) is 4.27. The molecule has 0 atom stereocenters. The Kier molecular flexibility index (Phi) is 7.12. The van der Waals surface area contributed by atoms with Crippen LogP contribution in [0.25, 0.3) is 0 Å². The molecule has 0 saturated heterocycles. The molecule has 3 rings (SSSR count). The van der Waals surface area contributed by atoms with Crippen LogP contribution in [0, 0.1) is 13.8 Å². The SMILES string of the molecule is Cc1ccc(OCc2nc(C)c(C(=O)N(C)CCOc3ccc(Cl)cc3)s2)cc1. The molecule has 0 bridgehead atoms. The predicted molar refractivity (Wildman–Crippen MR) is 116 cm³/mol. The van der Waals surface area contributed by atoms with Gasteiger partial charge in [-0.2, -0.15) is 0 Å². The first kappa shape index (κ1) is 21.1. The number of nitrogens with zero attached hydrogens (tertiary/aromatic N) is 2. The minimum atomic E-state index is -0.0682. The van der Waals surface area contributed by atoms with Crippen LogP contribution in [0.1, 0.15) is 25.9 Å². The summed E-state index contributed by atoms with van der Waals surface area (Å²) in [5.41, 5.74) is 1.89. The Morgan fingerprint density at radius 3 is 2.34 bits per heavy atom. The number of hydrogen-bond donors (Lipinski definition) is 0. The fourth-order valence-corrected chi connectivity index (χ4v) is 3.70. The molecular formula is C22H23ClN2O3S. The van der Waals surface area contributed by atoms with Gasteiger partial charge in [0.2, 0.25) is 0 Å². The van der Waals surface area contributed by atoms with Gasteiger partial charge in [-0.3, -0.25) is 4.79 Å². The summed E-state index contributed by atoms with van der Waals surface area (Å²) in [6, 6.07) is 15.0. The Labute approximate surface area is 179 Å². The number of likely N-dealkylation sites (N-methyl/N-ethyl adjacent to an activating group) is 1. The highest BCUT2D eigenvalue weighted by atomic mass is 35.5. The van der Waals surface area contributed by atoms with Gasteiger partial charge in [0.1, 0.15) is 34.6 Å². The van der Waals surface area contributed by atoms with Crippen LogP contribution < -0.4 is 9.47 Å². The lowest BCUT2D eigenvalue weighted by Gasteiger charge is -2.17. The molecule has 0 N–H and O–H groups in total. The van der Waals surface area contributed by atoms with Gasteiger partial charge in [-0.15, -0.1) is 11.3 Å². The van der Waals surface area contributed by atoms with Gasteiger partial charge in [0.25, 0.3) is 5.91 Å². The van der Waals surface area contributed by atoms with E-state index >= 15 is 0 Å². The number of amides is 1. The number of halogens is 1. The van der Waals surface area contributed by atoms with E-state index in [1.165, 1.54) is 16.9 Å². The quantitative estimate of drug-likeness (QED) is 0.496. The molecule has 0 fully saturated rings. The largest absolute Gasteiger partial charge is 0.492 e. The number of carbonyl (C=O) groups excluding carboxylic acids is 1. The molecule has 1 amide bonds. The van der Waals surface area contributed by atoms with E-state index in [1.54, 1.807) is 36.2 Å². The average Bonchev–Trinajstić information content (AvgIpc) is 3.09. The number of carbonyl (C=O) groups is 1. The highest BCUT2D eigenvalue weighted by molar-refractivity contribution is 7.13. The van der Waals surface area contributed by atoms with Gasteiger partial charge in [0.05, 0.1) is 12.2 Å². The van der Waals surface area contributed by atoms with Crippen molar-refractivity contribution in [2.75, 3.05) is 20.2 Å². The molecular weight excluding hydrogens is 408 g/mol. The lowest BCUT2D eigenvalue weighted by Crippen LogP contribution is -2.30. The number of hydrogen-bond acceptors (Lipinski definition) is 5. The van der Waals surface area contributed by atoms with Crippen LogP contribution in [0.2, 0.25) is 5.02 Å². The van der Waals surface area contributed by atoms with E-state index in [2.05, 4.69) is 4.98 Å². The van der Waals surface area contributed by atoms with Crippen molar-refractivity contribution in [1.29, 1.82) is 0 Å². The van der Waals surface area contributed by atoms with Crippen molar-refractivity contribution in [3.63, 3.8) is 0 Å². The summed E-state index contributed by atoms with van der Waals surface area (Å²) < 4.78 is 11.4. The molecule has 152 valence electrons. The van der Waals surface area contributed by atoms with Crippen molar-refractivity contribution >= 4 is 28.8 Å². The van der Waals surface area contributed by atoms with Gasteiger partial charge in [0.15, 0.2) is 0 Å². The molecule has 1 aromatic heterocycles. The van der Waals surface area contributed by atoms with E-state index in [0.29, 0.717) is 35.4 Å². The van der Waals surface area contributed by atoms with Crippen molar-refractivity contribution in [2.24, 2.45) is 0 Å². The summed E-state index contributed by atoms with van der Waals surface area (Å²) in [5.74, 6) is 1.44. The molecule has 0 aliphatic rings. The number of benzene rings is 2. The van der Waals surface area contributed by atoms with Crippen molar-refractivity contribution in [1.82, 2.24) is 9.88 Å². The van der Waals surface area contributed by atoms with Crippen molar-refractivity contribution in [2.45, 2.75) is 20.5 Å². The third-order valence-corrected chi connectivity index (χ3v) is 5.65. The molecule has 29 heavy (non-hydrogen) atoms. The molecule has 1 heterocycles. The van der Waals surface area contributed by atoms with Crippen molar-refractivity contribution < 1.29 is 14.3 Å². The van der Waals surface area contributed by atoms with E-state index in [4.69, 9.17) is 21.1 Å². The molecule has 5 nitrogen and oxygen atoms in total. The van der Waals surface area contributed by atoms with Crippen molar-refractivity contribution in [3.8, 4) is 11.5 Å². The zero-order valence-electron chi connectivity index (χ0n) is 16.6. The molecule has 0 aliphatic carbocycles. The van der Waals surface area contributed by atoms with Crippen LogP contribution in [0.15, 0.2) is 48.5 Å². The molecule has 0 radical (unpaired) electrons. The van der Waals surface area contributed by atoms with Gasteiger partial charge in [-0.25, -0.2) is 4.98 Å². The summed E-state index contributed by atoms with van der Waals surface area (Å²) in [4.78, 5) is 19.5. The zero-order chi connectivity index (χ0) is 20.8. The fraction of sp³-hybridized carbons (Fsp3) is 0.273. The van der Waals surface area contributed by atoms with Crippen LogP contribution in [0.3, 0.4) is 0 Å². The summed E-state index contributed by atoms with van der Waals surface area (Å²) in [5, 5.41) is 1.43. The number of aryl methyl sites for hydroxylation is 2. The topological polar surface area (TPSA) is 51.7 Å². The lowest BCUT2D eigenvalue weighted by molar-refractivity contribution is 0.0777. The van der Waals surface area contributed by atoms with Gasteiger partial charge in [-0.1, -0.05) is 29.3 Å². The Morgan fingerprint density at radius 2 is 1.66 bits per heavy atom. The van der Waals surface area contributed by atoms with Crippen LogP contribution in [0.5, 0.6) is 11.5 Å². The minimum absolute atomic E-state index is 0.0682. The Balaban J connectivity index is 1.52. The smallest absolute Gasteiger partial charge is 0.265 e. The van der Waals surface area contributed by atoms with Crippen LogP contribution in [-0.2, 0) is 6.61 Å². The van der Waals surface area contributed by atoms with E-state index < -0.39 is 0 Å². The zero-order valence-corrected chi connectivity index (χ0v) is 18.2. The van der Waals surface area contributed by atoms with E-state index in [9.17, 15) is 4.79 Å². The molecule has 0 aliphatic heterocycles. The van der Waals surface area contributed by atoms with Crippen molar-refractivity contribution in [3.05, 3.63) is 74.7 Å². The Hall–Kier alpha value is -2.57. The number of rotatable bonds is 8. The van der Waals surface area contributed by atoms with E-state index in [-0.39, 0.29) is 5.91 Å². The second-order valence-electron chi connectivity index (χ2n) is 6.65. The molecule has 2 aromatic carbocycles. The second kappa shape index (κ2) is 9.76. The molecule has 0 spiro atoms. The summed E-state index contributed by atoms with van der Waals surface area (Å²) in [6.07, 6.45) is 0. The number of thiazole rings is 1. The van der Waals surface area contributed by atoms with Gasteiger partial charge < -0.3 is 14.4 Å². The average molecular weight is 431 g/mol. The van der Waals surface area contributed by atoms with Gasteiger partial charge >= 0.3 is 0 Å². The lowest BCUT2D eigenvalue weighted by atomic mass is 10.2. The Bertz CT molecular complexity index is 955. The minimum Gasteiger partial charge on any atom is -0.492 e.